The summed E-state index contributed by atoms with van der Waals surface area (Å²) in [7, 11) is -3.83. The van der Waals surface area contributed by atoms with Crippen molar-refractivity contribution in [2.24, 2.45) is 22.7 Å². The molecule has 0 unspecified atom stereocenters. The third-order valence-electron chi connectivity index (χ3n) is 11.3. The highest BCUT2D eigenvalue weighted by Crippen LogP contribution is 2.57. The Kier molecular flexibility index (Phi) is 9.89. The molecule has 2 aliphatic heterocycles. The number of sulfonamides is 1. The second-order valence-corrected chi connectivity index (χ2v) is 18.9. The van der Waals surface area contributed by atoms with Crippen LogP contribution in [0.2, 0.25) is 0 Å². The predicted octanol–water partition coefficient (Wildman–Crippen LogP) is 5.02. The second-order valence-electron chi connectivity index (χ2n) is 16.9. The van der Waals surface area contributed by atoms with E-state index in [1.807, 2.05) is 46.8 Å². The number of benzene rings is 1. The Morgan fingerprint density at radius 2 is 1.90 bits per heavy atom. The number of carbonyl (C=O) groups is 4. The Hall–Kier alpha value is -3.80. The van der Waals surface area contributed by atoms with Gasteiger partial charge in [-0.05, 0) is 86.8 Å². The number of hydrogen-bond acceptors (Lipinski definition) is 8. The lowest BCUT2D eigenvalue weighted by Gasteiger charge is -2.36. The number of carbonyl (C=O) groups excluding carboxylic acids is 4. The summed E-state index contributed by atoms with van der Waals surface area (Å²) < 4.78 is 34.2. The lowest BCUT2D eigenvalue weighted by atomic mass is 9.77. The number of aryl methyl sites for hydroxylation is 1. The number of amides is 3. The number of ether oxygens (including phenoxy) is 1. The van der Waals surface area contributed by atoms with Gasteiger partial charge in [-0.25, -0.2) is 13.4 Å². The van der Waals surface area contributed by atoms with Gasteiger partial charge in [0, 0.05) is 36.4 Å². The third kappa shape index (κ3) is 8.00. The van der Waals surface area contributed by atoms with Crippen molar-refractivity contribution in [1.29, 1.82) is 0 Å². The largest absolute Gasteiger partial charge is 0.472 e. The first-order chi connectivity index (χ1) is 23.9. The summed E-state index contributed by atoms with van der Waals surface area (Å²) in [5.74, 6) is -2.32. The zero-order chi connectivity index (χ0) is 36.9. The van der Waals surface area contributed by atoms with Crippen molar-refractivity contribution in [2.45, 2.75) is 122 Å². The fourth-order valence-electron chi connectivity index (χ4n) is 7.87. The van der Waals surface area contributed by atoms with Crippen LogP contribution in [0.25, 0.3) is 10.8 Å². The standard InChI is InChI=1S/C39H52N4O7S/c1-7-26-21-39(26,36(47)42-51(48,49)28-13-14-28)22-32(44)31-19-27-23-43(31)35(46)30(37(2,3)4)20-33(45)41-38(5,6)16-9-8-10-24-11-12-25-15-17-40-34(50-27)29(25)18-24/h7,11-12,15,17-18,26-28,30-31H,1,8-10,13-14,16,19-23H2,2-6H3,(H,41,45)(H,42,47)/t26-,27+,30+,31-,39+/m0/s1. The smallest absolute Gasteiger partial charge is 0.240 e. The van der Waals surface area contributed by atoms with E-state index in [1.165, 1.54) is 4.90 Å². The number of pyridine rings is 1. The molecule has 2 aromatic rings. The van der Waals surface area contributed by atoms with E-state index < -0.39 is 55.6 Å². The van der Waals surface area contributed by atoms with Crippen molar-refractivity contribution < 1.29 is 32.3 Å². The molecule has 0 spiro atoms. The monoisotopic (exact) mass is 720 g/mol. The number of Topliss-reactive ketones (excluding diaryl/α,β-unsaturated/α-hetero) is 1. The number of allylic oxidation sites excluding steroid dienone is 1. The molecule has 12 heteroatoms. The van der Waals surface area contributed by atoms with Gasteiger partial charge in [0.1, 0.15) is 6.10 Å². The highest BCUT2D eigenvalue weighted by atomic mass is 32.2. The molecule has 1 aromatic heterocycles. The van der Waals surface area contributed by atoms with Crippen molar-refractivity contribution >= 4 is 44.3 Å². The van der Waals surface area contributed by atoms with Crippen molar-refractivity contribution in [3.8, 4) is 5.88 Å². The second kappa shape index (κ2) is 13.6. The lowest BCUT2D eigenvalue weighted by molar-refractivity contribution is -0.146. The van der Waals surface area contributed by atoms with E-state index >= 15 is 0 Å². The van der Waals surface area contributed by atoms with Crippen LogP contribution in [0.5, 0.6) is 5.88 Å². The quantitative estimate of drug-likeness (QED) is 0.379. The van der Waals surface area contributed by atoms with Gasteiger partial charge < -0.3 is 15.0 Å². The summed E-state index contributed by atoms with van der Waals surface area (Å²) in [5, 5.41) is 4.38. The molecule has 276 valence electrons. The Labute approximate surface area is 301 Å². The number of hydrogen-bond donors (Lipinski definition) is 2. The highest BCUT2D eigenvalue weighted by molar-refractivity contribution is 7.90. The Balaban J connectivity index is 1.34. The molecule has 0 radical (unpaired) electrons. The molecule has 3 fully saturated rings. The van der Waals surface area contributed by atoms with Crippen LogP contribution in [0.1, 0.15) is 98.0 Å². The van der Waals surface area contributed by atoms with Crippen molar-refractivity contribution in [3.05, 3.63) is 48.7 Å². The number of fused-ring (bicyclic) bond motifs is 3. The van der Waals surface area contributed by atoms with Crippen molar-refractivity contribution in [3.63, 3.8) is 0 Å². The molecular formula is C39H52N4O7S. The van der Waals surface area contributed by atoms with E-state index in [9.17, 15) is 27.6 Å². The molecule has 2 aliphatic carbocycles. The van der Waals surface area contributed by atoms with E-state index in [0.717, 1.165) is 42.0 Å². The van der Waals surface area contributed by atoms with Gasteiger partial charge in [0.05, 0.1) is 29.2 Å². The predicted molar refractivity (Wildman–Crippen MR) is 194 cm³/mol. The van der Waals surface area contributed by atoms with E-state index in [4.69, 9.17) is 4.74 Å². The molecule has 2 N–H and O–H groups in total. The Bertz CT molecular complexity index is 1850. The third-order valence-corrected chi connectivity index (χ3v) is 13.1. The van der Waals surface area contributed by atoms with Gasteiger partial charge in [0.2, 0.25) is 33.6 Å². The van der Waals surface area contributed by atoms with Crippen LogP contribution >= 0.6 is 0 Å². The summed E-state index contributed by atoms with van der Waals surface area (Å²) in [4.78, 5) is 62.3. The minimum absolute atomic E-state index is 0.0516. The number of aromatic nitrogens is 1. The summed E-state index contributed by atoms with van der Waals surface area (Å²) in [6, 6.07) is 7.21. The maximum atomic E-state index is 14.7. The van der Waals surface area contributed by atoms with Crippen LogP contribution in [0.15, 0.2) is 43.1 Å². The van der Waals surface area contributed by atoms with E-state index in [-0.39, 0.29) is 55.7 Å². The van der Waals surface area contributed by atoms with Gasteiger partial charge in [0.25, 0.3) is 0 Å². The SMILES string of the molecule is C=C[C@H]1C[C@]1(CC(=O)[C@@H]1C[C@@H]2CN1C(=O)[C@H](C(C)(C)C)CC(=O)NC(C)(C)CCCCc1ccc3ccnc(c3c1)O2)C(=O)NS(=O)(=O)C1CC1. The Morgan fingerprint density at radius 3 is 2.57 bits per heavy atom. The minimum atomic E-state index is -3.83. The molecule has 4 bridgehead atoms. The Morgan fingerprint density at radius 1 is 1.16 bits per heavy atom. The van der Waals surface area contributed by atoms with Crippen LogP contribution in [0.3, 0.4) is 0 Å². The summed E-state index contributed by atoms with van der Waals surface area (Å²) >= 11 is 0. The zero-order valence-electron chi connectivity index (χ0n) is 30.5. The molecule has 1 aromatic carbocycles. The first-order valence-corrected chi connectivity index (χ1v) is 19.8. The fourth-order valence-corrected chi connectivity index (χ4v) is 9.26. The number of nitrogens with zero attached hydrogens (tertiary/aromatic N) is 2. The summed E-state index contributed by atoms with van der Waals surface area (Å²) in [5.41, 5.74) is -1.22. The molecule has 5 atom stereocenters. The molecule has 2 saturated carbocycles. The minimum Gasteiger partial charge on any atom is -0.472 e. The van der Waals surface area contributed by atoms with Gasteiger partial charge in [-0.15, -0.1) is 6.58 Å². The zero-order valence-corrected chi connectivity index (χ0v) is 31.3. The van der Waals surface area contributed by atoms with Gasteiger partial charge in [-0.3, -0.25) is 23.9 Å². The normalized spacial score (nSPS) is 28.7. The molecule has 3 heterocycles. The summed E-state index contributed by atoms with van der Waals surface area (Å²) in [6.07, 6.45) is 7.29. The number of rotatable bonds is 7. The highest BCUT2D eigenvalue weighted by Gasteiger charge is 2.61. The summed E-state index contributed by atoms with van der Waals surface area (Å²) in [6.45, 7) is 13.7. The first-order valence-electron chi connectivity index (χ1n) is 18.3. The molecule has 51 heavy (non-hydrogen) atoms. The van der Waals surface area contributed by atoms with Crippen LogP contribution in [-0.4, -0.2) is 71.3 Å². The van der Waals surface area contributed by atoms with Crippen molar-refractivity contribution in [2.75, 3.05) is 6.54 Å². The first kappa shape index (κ1) is 37.0. The molecule has 4 aliphatic rings. The number of ketones is 1. The molecule has 1 saturated heterocycles. The fraction of sp³-hybridized carbons (Fsp3) is 0.615. The van der Waals surface area contributed by atoms with Gasteiger partial charge in [0.15, 0.2) is 5.78 Å². The average Bonchev–Trinajstić information content (AvgIpc) is 3.97. The lowest BCUT2D eigenvalue weighted by Crippen LogP contribution is -2.50. The van der Waals surface area contributed by atoms with Gasteiger partial charge in [-0.1, -0.05) is 45.4 Å². The van der Waals surface area contributed by atoms with Gasteiger partial charge in [-0.2, -0.15) is 0 Å². The molecular weight excluding hydrogens is 669 g/mol. The van der Waals surface area contributed by atoms with E-state index in [2.05, 4.69) is 33.7 Å². The molecule has 11 nitrogen and oxygen atoms in total. The van der Waals surface area contributed by atoms with E-state index in [1.54, 1.807) is 12.3 Å². The maximum Gasteiger partial charge on any atom is 0.240 e. The van der Waals surface area contributed by atoms with Crippen LogP contribution in [0, 0.1) is 22.7 Å². The number of nitrogens with one attached hydrogen (secondary N) is 2. The maximum absolute atomic E-state index is 14.7. The topological polar surface area (TPSA) is 152 Å². The van der Waals surface area contributed by atoms with Crippen molar-refractivity contribution in [1.82, 2.24) is 19.9 Å². The van der Waals surface area contributed by atoms with Gasteiger partial charge >= 0.3 is 0 Å². The average molecular weight is 721 g/mol. The van der Waals surface area contributed by atoms with E-state index in [0.29, 0.717) is 18.7 Å². The van der Waals surface area contributed by atoms with Crippen LogP contribution in [-0.2, 0) is 35.6 Å². The van der Waals surface area contributed by atoms with Crippen LogP contribution < -0.4 is 14.8 Å². The molecule has 3 amide bonds. The van der Waals surface area contributed by atoms with Crippen LogP contribution in [0.4, 0.5) is 0 Å². The molecule has 6 rings (SSSR count).